The zero-order valence-corrected chi connectivity index (χ0v) is 18.4. The summed E-state index contributed by atoms with van der Waals surface area (Å²) in [5, 5.41) is 20.0. The van der Waals surface area contributed by atoms with E-state index in [0.717, 1.165) is 30.0 Å². The Bertz CT molecular complexity index is 625. The van der Waals surface area contributed by atoms with Crippen LogP contribution in [0.5, 0.6) is 5.75 Å². The van der Waals surface area contributed by atoms with Gasteiger partial charge in [0.2, 0.25) is 0 Å². The number of aromatic hydroxyl groups is 1. The lowest BCUT2D eigenvalue weighted by molar-refractivity contribution is -0.140. The number of aliphatic hydroxyl groups is 1. The number of aliphatic imine (C=N–C) groups is 1. The monoisotopic (exact) mass is 409 g/mol. The normalized spacial score (nSPS) is 12.7. The van der Waals surface area contributed by atoms with Gasteiger partial charge in [0.25, 0.3) is 5.91 Å². The highest BCUT2D eigenvalue weighted by molar-refractivity contribution is 7.98. The maximum atomic E-state index is 12.5. The van der Waals surface area contributed by atoms with Crippen molar-refractivity contribution in [3.63, 3.8) is 0 Å². The molecule has 158 valence electrons. The van der Waals surface area contributed by atoms with E-state index in [2.05, 4.69) is 4.99 Å². The number of phenolic OH excluding ortho intramolecular Hbond substituents is 1. The van der Waals surface area contributed by atoms with Gasteiger partial charge in [0.1, 0.15) is 11.9 Å². The molecular weight excluding hydrogens is 374 g/mol. The Balaban J connectivity index is 2.60. The van der Waals surface area contributed by atoms with E-state index in [0.29, 0.717) is 32.6 Å². The topological polar surface area (TPSA) is 76.4 Å². The molecule has 0 saturated heterocycles. The third-order valence-electron chi connectivity index (χ3n) is 4.69. The average Bonchev–Trinajstić information content (AvgIpc) is 2.70. The molecule has 0 radical (unpaired) electrons. The molecule has 0 aliphatic heterocycles. The van der Waals surface area contributed by atoms with E-state index in [9.17, 15) is 15.0 Å². The van der Waals surface area contributed by atoms with Crippen molar-refractivity contribution in [2.75, 3.05) is 38.7 Å². The quantitative estimate of drug-likeness (QED) is 0.315. The lowest BCUT2D eigenvalue weighted by Gasteiger charge is -2.28. The Kier molecular flexibility index (Phi) is 11.7. The van der Waals surface area contributed by atoms with Gasteiger partial charge in [-0.3, -0.25) is 9.79 Å². The second-order valence-electron chi connectivity index (χ2n) is 6.71. The highest BCUT2D eigenvalue weighted by atomic mass is 32.2. The van der Waals surface area contributed by atoms with E-state index in [1.165, 1.54) is 0 Å². The summed E-state index contributed by atoms with van der Waals surface area (Å²) < 4.78 is 0. The van der Waals surface area contributed by atoms with Gasteiger partial charge < -0.3 is 20.0 Å². The molecule has 6 nitrogen and oxygen atoms in total. The third kappa shape index (κ3) is 8.10. The van der Waals surface area contributed by atoms with Crippen LogP contribution < -0.4 is 0 Å². The van der Waals surface area contributed by atoms with E-state index < -0.39 is 6.10 Å². The van der Waals surface area contributed by atoms with Crippen molar-refractivity contribution in [1.82, 2.24) is 9.80 Å². The minimum absolute atomic E-state index is 0.193. The molecule has 1 unspecified atom stereocenters. The minimum Gasteiger partial charge on any atom is -0.508 e. The van der Waals surface area contributed by atoms with Gasteiger partial charge in [-0.2, -0.15) is 11.8 Å². The number of likely N-dealkylation sites (N-methyl/N-ethyl adjacent to an activating group) is 2. The minimum atomic E-state index is -0.919. The van der Waals surface area contributed by atoms with Crippen molar-refractivity contribution in [3.8, 4) is 5.75 Å². The van der Waals surface area contributed by atoms with Crippen LogP contribution in [0.25, 0.3) is 0 Å². The fraction of sp³-hybridized carbons (Fsp3) is 0.619. The summed E-state index contributed by atoms with van der Waals surface area (Å²) in [5.74, 6) is 1.93. The maximum absolute atomic E-state index is 12.5. The fourth-order valence-corrected chi connectivity index (χ4v) is 3.36. The van der Waals surface area contributed by atoms with Crippen LogP contribution in [0.3, 0.4) is 0 Å². The lowest BCUT2D eigenvalue weighted by atomic mass is 10.2. The number of rotatable bonds is 12. The van der Waals surface area contributed by atoms with Crippen LogP contribution in [0, 0.1) is 0 Å². The number of benzene rings is 1. The largest absolute Gasteiger partial charge is 0.508 e. The van der Waals surface area contributed by atoms with E-state index in [1.54, 1.807) is 28.8 Å². The molecule has 1 amide bonds. The summed E-state index contributed by atoms with van der Waals surface area (Å²) in [6.07, 6.45) is 3.21. The number of phenols is 1. The Morgan fingerprint density at radius 3 is 2.57 bits per heavy atom. The number of carbonyl (C=O) groups is 1. The lowest BCUT2D eigenvalue weighted by Crippen LogP contribution is -2.43. The number of carbonyl (C=O) groups excluding carboxylic acids is 1. The highest BCUT2D eigenvalue weighted by Gasteiger charge is 2.21. The molecule has 0 saturated carbocycles. The number of para-hydroxylation sites is 1. The van der Waals surface area contributed by atoms with Gasteiger partial charge >= 0.3 is 0 Å². The molecule has 1 aromatic rings. The predicted octanol–water partition coefficient (Wildman–Crippen LogP) is 2.99. The second-order valence-corrected chi connectivity index (χ2v) is 7.69. The summed E-state index contributed by atoms with van der Waals surface area (Å²) in [7, 11) is 1.96. The Labute approximate surface area is 173 Å². The molecule has 1 atom stereocenters. The van der Waals surface area contributed by atoms with E-state index in [-0.39, 0.29) is 11.7 Å². The van der Waals surface area contributed by atoms with Crippen molar-refractivity contribution < 1.29 is 15.0 Å². The summed E-state index contributed by atoms with van der Waals surface area (Å²) >= 11 is 1.72. The standard InChI is InChI=1S/C21H35N3O3S/c1-5-20(22-16-17-10-7-8-11-18(17)25)23(3)13-14-24(6-2)21(27)19(26)12-9-15-28-4/h7-8,10-11,19,25-26H,5-6,9,12-16H2,1-4H3. The van der Waals surface area contributed by atoms with Crippen LogP contribution in [0.15, 0.2) is 29.3 Å². The number of hydrogen-bond acceptors (Lipinski definition) is 5. The van der Waals surface area contributed by atoms with Crippen LogP contribution in [0.4, 0.5) is 0 Å². The number of nitrogens with zero attached hydrogens (tertiary/aromatic N) is 3. The Morgan fingerprint density at radius 1 is 1.25 bits per heavy atom. The Hall–Kier alpha value is -1.73. The molecule has 0 heterocycles. The van der Waals surface area contributed by atoms with Crippen LogP contribution in [0.2, 0.25) is 0 Å². The number of amides is 1. The molecule has 0 bridgehead atoms. The van der Waals surface area contributed by atoms with Gasteiger partial charge in [-0.25, -0.2) is 0 Å². The van der Waals surface area contributed by atoms with E-state index >= 15 is 0 Å². The first-order valence-electron chi connectivity index (χ1n) is 9.91. The summed E-state index contributed by atoms with van der Waals surface area (Å²) in [5.41, 5.74) is 0.792. The van der Waals surface area contributed by atoms with Gasteiger partial charge in [0.15, 0.2) is 0 Å². The molecule has 1 rings (SSSR count). The summed E-state index contributed by atoms with van der Waals surface area (Å²) in [6, 6.07) is 7.20. The first kappa shape index (κ1) is 24.3. The molecule has 0 fully saturated rings. The molecule has 7 heteroatoms. The van der Waals surface area contributed by atoms with Gasteiger partial charge in [0.05, 0.1) is 12.4 Å². The van der Waals surface area contributed by atoms with Gasteiger partial charge in [0, 0.05) is 38.7 Å². The van der Waals surface area contributed by atoms with Crippen molar-refractivity contribution in [1.29, 1.82) is 0 Å². The Morgan fingerprint density at radius 2 is 1.96 bits per heavy atom. The van der Waals surface area contributed by atoms with Crippen LogP contribution >= 0.6 is 11.8 Å². The third-order valence-corrected chi connectivity index (χ3v) is 5.39. The van der Waals surface area contributed by atoms with Gasteiger partial charge in [-0.05, 0) is 37.8 Å². The van der Waals surface area contributed by atoms with Crippen LogP contribution in [0.1, 0.15) is 38.7 Å². The summed E-state index contributed by atoms with van der Waals surface area (Å²) in [4.78, 5) is 20.8. The average molecular weight is 410 g/mol. The van der Waals surface area contributed by atoms with Crippen LogP contribution in [-0.4, -0.2) is 76.6 Å². The van der Waals surface area contributed by atoms with E-state index in [4.69, 9.17) is 0 Å². The highest BCUT2D eigenvalue weighted by Crippen LogP contribution is 2.16. The van der Waals surface area contributed by atoms with Crippen molar-refractivity contribution in [2.45, 2.75) is 45.8 Å². The van der Waals surface area contributed by atoms with Gasteiger partial charge in [-0.15, -0.1) is 0 Å². The number of thioether (sulfide) groups is 1. The predicted molar refractivity (Wildman–Crippen MR) is 118 cm³/mol. The molecule has 2 N–H and O–H groups in total. The van der Waals surface area contributed by atoms with E-state index in [1.807, 2.05) is 44.2 Å². The van der Waals surface area contributed by atoms with Crippen molar-refractivity contribution in [3.05, 3.63) is 29.8 Å². The van der Waals surface area contributed by atoms with Crippen molar-refractivity contribution in [2.24, 2.45) is 4.99 Å². The second kappa shape index (κ2) is 13.4. The van der Waals surface area contributed by atoms with Crippen molar-refractivity contribution >= 4 is 23.5 Å². The number of hydrogen-bond donors (Lipinski definition) is 2. The molecular formula is C21H35N3O3S. The summed E-state index contributed by atoms with van der Waals surface area (Å²) in [6.45, 7) is 6.15. The molecule has 0 aliphatic rings. The zero-order valence-electron chi connectivity index (χ0n) is 17.6. The van der Waals surface area contributed by atoms with Crippen LogP contribution in [-0.2, 0) is 11.3 Å². The SMILES string of the molecule is CCC(=NCc1ccccc1O)N(C)CCN(CC)C(=O)C(O)CCCSC. The molecule has 1 aromatic carbocycles. The fourth-order valence-electron chi connectivity index (χ4n) is 2.90. The van der Waals surface area contributed by atoms with Gasteiger partial charge in [-0.1, -0.05) is 25.1 Å². The maximum Gasteiger partial charge on any atom is 0.251 e. The molecule has 0 aliphatic carbocycles. The smallest absolute Gasteiger partial charge is 0.251 e. The first-order chi connectivity index (χ1) is 13.4. The zero-order chi connectivity index (χ0) is 20.9. The number of amidine groups is 1. The molecule has 0 spiro atoms. The number of aliphatic hydroxyl groups excluding tert-OH is 1. The molecule has 28 heavy (non-hydrogen) atoms. The first-order valence-corrected chi connectivity index (χ1v) is 11.3. The molecule has 0 aromatic heterocycles.